The average Bonchev–Trinajstić information content (AvgIpc) is 3.32. The Bertz CT molecular complexity index is 1140. The van der Waals surface area contributed by atoms with Crippen LogP contribution in [0, 0.1) is 0 Å². The third-order valence-electron chi connectivity index (χ3n) is 7.45. The zero-order valence-corrected chi connectivity index (χ0v) is 20.0. The standard InChI is InChI=1S/C29H35N3O2/c1-34-24-12-13-28-26(18-24)27(19-31-28)21-14-15-30-23(16-21)17-25(20-8-4-2-5-9-20)29(33)32-22-10-6-3-7-11-22/h2,4-5,8-9,12-14,18-19,22-23,25,30-31H,3,6-7,10-11,15-17H2,1H3,(H,32,33). The van der Waals surface area contributed by atoms with E-state index in [1.165, 1.54) is 35.8 Å². The summed E-state index contributed by atoms with van der Waals surface area (Å²) in [6, 6.07) is 17.0. The van der Waals surface area contributed by atoms with E-state index < -0.39 is 0 Å². The van der Waals surface area contributed by atoms with Crippen molar-refractivity contribution in [2.75, 3.05) is 13.7 Å². The van der Waals surface area contributed by atoms with Crippen molar-refractivity contribution in [3.8, 4) is 5.75 Å². The third kappa shape index (κ3) is 5.05. The Morgan fingerprint density at radius 3 is 2.74 bits per heavy atom. The highest BCUT2D eigenvalue weighted by Gasteiger charge is 2.29. The Hall–Kier alpha value is -3.05. The molecule has 2 atom stereocenters. The quantitative estimate of drug-likeness (QED) is 0.436. The molecule has 2 aliphatic rings. The van der Waals surface area contributed by atoms with E-state index >= 15 is 0 Å². The van der Waals surface area contributed by atoms with Crippen molar-refractivity contribution >= 4 is 22.4 Å². The van der Waals surface area contributed by atoms with Crippen LogP contribution in [0.3, 0.4) is 0 Å². The number of methoxy groups -OCH3 is 1. The van der Waals surface area contributed by atoms with Crippen LogP contribution in [0.25, 0.3) is 16.5 Å². The smallest absolute Gasteiger partial charge is 0.227 e. The maximum absolute atomic E-state index is 13.5. The van der Waals surface area contributed by atoms with Gasteiger partial charge in [-0.3, -0.25) is 4.79 Å². The monoisotopic (exact) mass is 457 g/mol. The minimum Gasteiger partial charge on any atom is -0.497 e. The molecule has 2 aromatic carbocycles. The largest absolute Gasteiger partial charge is 0.497 e. The lowest BCUT2D eigenvalue weighted by molar-refractivity contribution is -0.123. The summed E-state index contributed by atoms with van der Waals surface area (Å²) in [5.74, 6) is 0.888. The molecule has 1 aliphatic heterocycles. The first-order chi connectivity index (χ1) is 16.7. The summed E-state index contributed by atoms with van der Waals surface area (Å²) in [4.78, 5) is 16.9. The van der Waals surface area contributed by atoms with Crippen molar-refractivity contribution < 1.29 is 9.53 Å². The van der Waals surface area contributed by atoms with Crippen LogP contribution in [0.2, 0.25) is 0 Å². The van der Waals surface area contributed by atoms with Crippen LogP contribution >= 0.6 is 0 Å². The van der Waals surface area contributed by atoms with Gasteiger partial charge in [-0.2, -0.15) is 0 Å². The molecule has 5 rings (SSSR count). The summed E-state index contributed by atoms with van der Waals surface area (Å²) in [5.41, 5.74) is 4.76. The number of fused-ring (bicyclic) bond motifs is 1. The number of nitrogens with one attached hydrogen (secondary N) is 3. The fourth-order valence-corrected chi connectivity index (χ4v) is 5.56. The second kappa shape index (κ2) is 10.5. The van der Waals surface area contributed by atoms with Gasteiger partial charge in [0.2, 0.25) is 5.91 Å². The number of ether oxygens (including phenoxy) is 1. The molecule has 0 saturated heterocycles. The fraction of sp³-hybridized carbons (Fsp3) is 0.414. The predicted octanol–water partition coefficient (Wildman–Crippen LogP) is 5.54. The number of benzene rings is 2. The highest BCUT2D eigenvalue weighted by molar-refractivity contribution is 5.93. The fourth-order valence-electron chi connectivity index (χ4n) is 5.56. The Morgan fingerprint density at radius 2 is 1.94 bits per heavy atom. The summed E-state index contributed by atoms with van der Waals surface area (Å²) in [5, 5.41) is 8.21. The number of hydrogen-bond donors (Lipinski definition) is 3. The maximum Gasteiger partial charge on any atom is 0.227 e. The summed E-state index contributed by atoms with van der Waals surface area (Å²) < 4.78 is 5.46. The van der Waals surface area contributed by atoms with E-state index in [0.717, 1.165) is 49.1 Å². The molecule has 5 heteroatoms. The molecule has 2 heterocycles. The molecule has 1 amide bonds. The van der Waals surface area contributed by atoms with E-state index in [1.54, 1.807) is 7.11 Å². The minimum absolute atomic E-state index is 0.150. The highest BCUT2D eigenvalue weighted by atomic mass is 16.5. The van der Waals surface area contributed by atoms with Gasteiger partial charge in [0.25, 0.3) is 0 Å². The molecule has 1 aromatic heterocycles. The molecular formula is C29H35N3O2. The van der Waals surface area contributed by atoms with Gasteiger partial charge < -0.3 is 20.4 Å². The Labute approximate surface area is 202 Å². The number of hydrogen-bond acceptors (Lipinski definition) is 3. The number of aromatic nitrogens is 1. The summed E-state index contributed by atoms with van der Waals surface area (Å²) >= 11 is 0. The molecule has 2 unspecified atom stereocenters. The van der Waals surface area contributed by atoms with Crippen LogP contribution < -0.4 is 15.4 Å². The van der Waals surface area contributed by atoms with E-state index in [1.807, 2.05) is 24.3 Å². The molecular weight excluding hydrogens is 422 g/mol. The average molecular weight is 458 g/mol. The number of carbonyl (C=O) groups excluding carboxylic acids is 1. The van der Waals surface area contributed by atoms with Gasteiger partial charge in [0, 0.05) is 41.3 Å². The Morgan fingerprint density at radius 1 is 1.12 bits per heavy atom. The van der Waals surface area contributed by atoms with Crippen LogP contribution in [0.15, 0.2) is 60.8 Å². The van der Waals surface area contributed by atoms with Gasteiger partial charge in [0.05, 0.1) is 13.0 Å². The van der Waals surface area contributed by atoms with Crippen molar-refractivity contribution in [2.45, 2.75) is 62.9 Å². The van der Waals surface area contributed by atoms with E-state index in [9.17, 15) is 4.79 Å². The van der Waals surface area contributed by atoms with Gasteiger partial charge in [-0.25, -0.2) is 0 Å². The van der Waals surface area contributed by atoms with Gasteiger partial charge >= 0.3 is 0 Å². The molecule has 34 heavy (non-hydrogen) atoms. The number of rotatable bonds is 7. The first-order valence-corrected chi connectivity index (χ1v) is 12.6. The normalized spacial score (nSPS) is 20.0. The number of aromatic amines is 1. The molecule has 1 aliphatic carbocycles. The van der Waals surface area contributed by atoms with Gasteiger partial charge in [-0.1, -0.05) is 55.7 Å². The molecule has 0 bridgehead atoms. The topological polar surface area (TPSA) is 66.1 Å². The molecule has 0 radical (unpaired) electrons. The lowest BCUT2D eigenvalue weighted by Crippen LogP contribution is -2.42. The summed E-state index contributed by atoms with van der Waals surface area (Å²) in [6.07, 6.45) is 12.0. The molecule has 1 fully saturated rings. The van der Waals surface area contributed by atoms with Gasteiger partial charge in [-0.05, 0) is 55.0 Å². The molecule has 1 saturated carbocycles. The SMILES string of the molecule is COc1ccc2[nH]cc(C3=CCNC(CC(C(=O)NC4CCCCC4)c4ccccc4)C3)c2c1. The molecule has 178 valence electrons. The summed E-state index contributed by atoms with van der Waals surface area (Å²) in [7, 11) is 1.70. The number of H-pyrrole nitrogens is 1. The van der Waals surface area contributed by atoms with Crippen molar-refractivity contribution in [1.82, 2.24) is 15.6 Å². The number of amides is 1. The lowest BCUT2D eigenvalue weighted by atomic mass is 9.85. The molecule has 3 aromatic rings. The second-order valence-electron chi connectivity index (χ2n) is 9.70. The predicted molar refractivity (Wildman–Crippen MR) is 138 cm³/mol. The van der Waals surface area contributed by atoms with Crippen molar-refractivity contribution in [3.05, 3.63) is 71.9 Å². The van der Waals surface area contributed by atoms with Crippen molar-refractivity contribution in [1.29, 1.82) is 0 Å². The Kier molecular flexibility index (Phi) is 7.00. The maximum atomic E-state index is 13.5. The van der Waals surface area contributed by atoms with Gasteiger partial charge in [0.1, 0.15) is 5.75 Å². The van der Waals surface area contributed by atoms with Gasteiger partial charge in [0.15, 0.2) is 0 Å². The van der Waals surface area contributed by atoms with E-state index in [0.29, 0.717) is 6.04 Å². The highest BCUT2D eigenvalue weighted by Crippen LogP contribution is 2.34. The van der Waals surface area contributed by atoms with Crippen LogP contribution in [-0.2, 0) is 4.79 Å². The molecule has 5 nitrogen and oxygen atoms in total. The van der Waals surface area contributed by atoms with Crippen molar-refractivity contribution in [2.24, 2.45) is 0 Å². The van der Waals surface area contributed by atoms with Crippen molar-refractivity contribution in [3.63, 3.8) is 0 Å². The Balaban J connectivity index is 1.34. The van der Waals surface area contributed by atoms with Crippen LogP contribution in [-0.4, -0.2) is 36.6 Å². The summed E-state index contributed by atoms with van der Waals surface area (Å²) in [6.45, 7) is 0.808. The molecule has 3 N–H and O–H groups in total. The van der Waals surface area contributed by atoms with Crippen LogP contribution in [0.4, 0.5) is 0 Å². The zero-order valence-electron chi connectivity index (χ0n) is 20.0. The van der Waals surface area contributed by atoms with E-state index in [-0.39, 0.29) is 17.9 Å². The lowest BCUT2D eigenvalue weighted by Gasteiger charge is -2.30. The first kappa shape index (κ1) is 22.7. The van der Waals surface area contributed by atoms with Crippen LogP contribution in [0.5, 0.6) is 5.75 Å². The second-order valence-corrected chi connectivity index (χ2v) is 9.70. The molecule has 0 spiro atoms. The third-order valence-corrected chi connectivity index (χ3v) is 7.45. The minimum atomic E-state index is -0.150. The zero-order chi connectivity index (χ0) is 23.3. The van der Waals surface area contributed by atoms with E-state index in [2.05, 4.69) is 52.2 Å². The first-order valence-electron chi connectivity index (χ1n) is 12.6. The number of carbonyl (C=O) groups is 1. The van der Waals surface area contributed by atoms with Gasteiger partial charge in [-0.15, -0.1) is 0 Å². The van der Waals surface area contributed by atoms with E-state index in [4.69, 9.17) is 4.74 Å². The van der Waals surface area contributed by atoms with Crippen LogP contribution in [0.1, 0.15) is 62.0 Å².